The number of carbonyl (C=O) groups excluding carboxylic acids is 1. The van der Waals surface area contributed by atoms with Gasteiger partial charge in [0.15, 0.2) is 0 Å². The number of amides is 1. The van der Waals surface area contributed by atoms with Crippen molar-refractivity contribution >= 4 is 5.91 Å². The molecule has 0 saturated heterocycles. The van der Waals surface area contributed by atoms with Crippen LogP contribution in [0.3, 0.4) is 0 Å². The number of hydrogen-bond donors (Lipinski definition) is 2. The van der Waals surface area contributed by atoms with Gasteiger partial charge >= 0.3 is 0 Å². The van der Waals surface area contributed by atoms with E-state index in [9.17, 15) is 4.79 Å². The second kappa shape index (κ2) is 6.10. The van der Waals surface area contributed by atoms with Crippen molar-refractivity contribution in [1.82, 2.24) is 5.32 Å². The number of ether oxygens (including phenoxy) is 2. The summed E-state index contributed by atoms with van der Waals surface area (Å²) in [5, 5.41) is 11.7. The average molecular weight is 239 g/mol. The van der Waals surface area contributed by atoms with E-state index in [-0.39, 0.29) is 12.5 Å². The van der Waals surface area contributed by atoms with Gasteiger partial charge < -0.3 is 19.9 Å². The molecule has 0 bridgehead atoms. The number of nitrogens with one attached hydrogen (secondary N) is 1. The smallest absolute Gasteiger partial charge is 0.251 e. The van der Waals surface area contributed by atoms with Gasteiger partial charge in [0.1, 0.15) is 11.5 Å². The summed E-state index contributed by atoms with van der Waals surface area (Å²) in [5.74, 6) is 0.821. The summed E-state index contributed by atoms with van der Waals surface area (Å²) in [7, 11) is 3.04. The van der Waals surface area contributed by atoms with Crippen molar-refractivity contribution in [1.29, 1.82) is 0 Å². The maximum absolute atomic E-state index is 11.8. The van der Waals surface area contributed by atoms with Gasteiger partial charge in [-0.05, 0) is 19.1 Å². The number of rotatable bonds is 5. The van der Waals surface area contributed by atoms with Crippen molar-refractivity contribution in [3.8, 4) is 11.5 Å². The third kappa shape index (κ3) is 3.96. The maximum Gasteiger partial charge on any atom is 0.251 e. The molecule has 0 heterocycles. The molecule has 1 rings (SSSR count). The Bertz CT molecular complexity index is 368. The first-order chi connectivity index (χ1) is 8.06. The van der Waals surface area contributed by atoms with Crippen LogP contribution in [0.4, 0.5) is 0 Å². The van der Waals surface area contributed by atoms with Crippen LogP contribution >= 0.6 is 0 Å². The SMILES string of the molecule is COc1cc(OC)cc(C(=O)NC[C@H](C)O)c1. The first-order valence-electron chi connectivity index (χ1n) is 5.26. The lowest BCUT2D eigenvalue weighted by atomic mass is 10.2. The Morgan fingerprint density at radius 2 is 1.82 bits per heavy atom. The highest BCUT2D eigenvalue weighted by Crippen LogP contribution is 2.22. The highest BCUT2D eigenvalue weighted by molar-refractivity contribution is 5.95. The highest BCUT2D eigenvalue weighted by atomic mass is 16.5. The highest BCUT2D eigenvalue weighted by Gasteiger charge is 2.10. The summed E-state index contributed by atoms with van der Waals surface area (Å²) >= 11 is 0. The Hall–Kier alpha value is -1.75. The zero-order chi connectivity index (χ0) is 12.8. The monoisotopic (exact) mass is 239 g/mol. The number of hydrogen-bond acceptors (Lipinski definition) is 4. The molecule has 1 aromatic rings. The Labute approximate surface area is 100 Å². The van der Waals surface area contributed by atoms with E-state index in [4.69, 9.17) is 14.6 Å². The molecule has 0 aliphatic rings. The van der Waals surface area contributed by atoms with E-state index < -0.39 is 6.10 Å². The van der Waals surface area contributed by atoms with Gasteiger partial charge in [0.05, 0.1) is 20.3 Å². The molecule has 0 radical (unpaired) electrons. The molecule has 2 N–H and O–H groups in total. The average Bonchev–Trinajstić information content (AvgIpc) is 2.34. The lowest BCUT2D eigenvalue weighted by Gasteiger charge is -2.10. The van der Waals surface area contributed by atoms with Crippen molar-refractivity contribution in [2.75, 3.05) is 20.8 Å². The predicted molar refractivity (Wildman–Crippen MR) is 63.6 cm³/mol. The Balaban J connectivity index is 2.84. The topological polar surface area (TPSA) is 67.8 Å². The van der Waals surface area contributed by atoms with Gasteiger partial charge in [-0.25, -0.2) is 0 Å². The lowest BCUT2D eigenvalue weighted by Crippen LogP contribution is -2.30. The quantitative estimate of drug-likeness (QED) is 0.798. The molecule has 1 aromatic carbocycles. The van der Waals surface area contributed by atoms with Gasteiger partial charge in [-0.15, -0.1) is 0 Å². The van der Waals surface area contributed by atoms with Crippen LogP contribution in [0.15, 0.2) is 18.2 Å². The molecule has 1 atom stereocenters. The molecule has 0 aliphatic heterocycles. The first-order valence-corrected chi connectivity index (χ1v) is 5.26. The van der Waals surface area contributed by atoms with E-state index in [1.807, 2.05) is 0 Å². The van der Waals surface area contributed by atoms with Gasteiger partial charge in [-0.2, -0.15) is 0 Å². The molecular formula is C12H17NO4. The second-order valence-electron chi connectivity index (χ2n) is 3.66. The lowest BCUT2D eigenvalue weighted by molar-refractivity contribution is 0.0923. The zero-order valence-electron chi connectivity index (χ0n) is 10.2. The third-order valence-electron chi connectivity index (χ3n) is 2.17. The van der Waals surface area contributed by atoms with Crippen LogP contribution in [0, 0.1) is 0 Å². The molecule has 0 spiro atoms. The Kier molecular flexibility index (Phi) is 4.78. The molecule has 5 nitrogen and oxygen atoms in total. The van der Waals surface area contributed by atoms with Crippen LogP contribution in [0.5, 0.6) is 11.5 Å². The van der Waals surface area contributed by atoms with Crippen LogP contribution < -0.4 is 14.8 Å². The fourth-order valence-corrected chi connectivity index (χ4v) is 1.28. The zero-order valence-corrected chi connectivity index (χ0v) is 10.2. The molecule has 0 aliphatic carbocycles. The largest absolute Gasteiger partial charge is 0.497 e. The van der Waals surface area contributed by atoms with E-state index in [2.05, 4.69) is 5.32 Å². The molecular weight excluding hydrogens is 222 g/mol. The predicted octanol–water partition coefficient (Wildman–Crippen LogP) is 0.814. The first kappa shape index (κ1) is 13.3. The van der Waals surface area contributed by atoms with E-state index in [0.29, 0.717) is 17.1 Å². The number of aliphatic hydroxyl groups is 1. The van der Waals surface area contributed by atoms with Gasteiger partial charge in [0.25, 0.3) is 5.91 Å². The van der Waals surface area contributed by atoms with Crippen molar-refractivity contribution < 1.29 is 19.4 Å². The summed E-state index contributed by atoms with van der Waals surface area (Å²) in [6.45, 7) is 1.81. The van der Waals surface area contributed by atoms with E-state index in [0.717, 1.165) is 0 Å². The minimum absolute atomic E-state index is 0.207. The van der Waals surface area contributed by atoms with Crippen molar-refractivity contribution in [3.63, 3.8) is 0 Å². The van der Waals surface area contributed by atoms with Crippen molar-refractivity contribution in [2.24, 2.45) is 0 Å². The number of methoxy groups -OCH3 is 2. The molecule has 5 heteroatoms. The Morgan fingerprint density at radius 3 is 2.24 bits per heavy atom. The summed E-state index contributed by atoms with van der Waals surface area (Å²) in [6.07, 6.45) is -0.577. The van der Waals surface area contributed by atoms with Crippen LogP contribution in [0.25, 0.3) is 0 Å². The van der Waals surface area contributed by atoms with Crippen LogP contribution in [-0.2, 0) is 0 Å². The summed E-state index contributed by atoms with van der Waals surface area (Å²) in [6, 6.07) is 4.91. The Morgan fingerprint density at radius 1 is 1.29 bits per heavy atom. The molecule has 1 amide bonds. The number of aliphatic hydroxyl groups excluding tert-OH is 1. The van der Waals surface area contributed by atoms with Crippen LogP contribution in [0.1, 0.15) is 17.3 Å². The minimum atomic E-state index is -0.577. The van der Waals surface area contributed by atoms with E-state index in [1.165, 1.54) is 14.2 Å². The van der Waals surface area contributed by atoms with Gasteiger partial charge in [0, 0.05) is 18.2 Å². The molecule has 0 fully saturated rings. The molecule has 0 saturated carbocycles. The van der Waals surface area contributed by atoms with Gasteiger partial charge in [-0.3, -0.25) is 4.79 Å². The minimum Gasteiger partial charge on any atom is -0.497 e. The summed E-state index contributed by atoms with van der Waals surface area (Å²) in [5.41, 5.74) is 0.432. The van der Waals surface area contributed by atoms with Crippen LogP contribution in [0.2, 0.25) is 0 Å². The second-order valence-corrected chi connectivity index (χ2v) is 3.66. The number of carbonyl (C=O) groups is 1. The van der Waals surface area contributed by atoms with Gasteiger partial charge in [-0.1, -0.05) is 0 Å². The van der Waals surface area contributed by atoms with Gasteiger partial charge in [0.2, 0.25) is 0 Å². The summed E-state index contributed by atoms with van der Waals surface area (Å²) < 4.78 is 10.1. The van der Waals surface area contributed by atoms with E-state index in [1.54, 1.807) is 25.1 Å². The maximum atomic E-state index is 11.8. The fraction of sp³-hybridized carbons (Fsp3) is 0.417. The van der Waals surface area contributed by atoms with Crippen molar-refractivity contribution in [2.45, 2.75) is 13.0 Å². The molecule has 94 valence electrons. The molecule has 0 unspecified atom stereocenters. The normalized spacial score (nSPS) is 11.8. The van der Waals surface area contributed by atoms with Crippen molar-refractivity contribution in [3.05, 3.63) is 23.8 Å². The summed E-state index contributed by atoms with van der Waals surface area (Å²) in [4.78, 5) is 11.8. The van der Waals surface area contributed by atoms with Crippen LogP contribution in [-0.4, -0.2) is 37.9 Å². The molecule has 0 aromatic heterocycles. The standard InChI is InChI=1S/C12H17NO4/c1-8(14)7-13-12(15)9-4-10(16-2)6-11(5-9)17-3/h4-6,8,14H,7H2,1-3H3,(H,13,15)/t8-/m0/s1. The number of benzene rings is 1. The third-order valence-corrected chi connectivity index (χ3v) is 2.17. The fourth-order valence-electron chi connectivity index (χ4n) is 1.28. The van der Waals surface area contributed by atoms with E-state index >= 15 is 0 Å². The molecule has 17 heavy (non-hydrogen) atoms.